The van der Waals surface area contributed by atoms with Gasteiger partial charge < -0.3 is 10.8 Å². The van der Waals surface area contributed by atoms with Gasteiger partial charge in [0.1, 0.15) is 11.6 Å². The number of nitrogens with one attached hydrogen (secondary N) is 1. The average Bonchev–Trinajstić information content (AvgIpc) is 2.87. The summed E-state index contributed by atoms with van der Waals surface area (Å²) in [6, 6.07) is 1.89. The van der Waals surface area contributed by atoms with Crippen molar-refractivity contribution < 1.29 is 23.5 Å². The summed E-state index contributed by atoms with van der Waals surface area (Å²) < 4.78 is 30.0. The fourth-order valence-corrected chi connectivity index (χ4v) is 3.47. The van der Waals surface area contributed by atoms with E-state index >= 15 is 0 Å². The Bertz CT molecular complexity index is 978. The maximum absolute atomic E-state index is 13.9. The number of hydrogen-bond donors (Lipinski definition) is 3. The number of nitrogens with two attached hydrogens (primary N) is 1. The number of benzene rings is 1. The Balaban J connectivity index is 0.00000280. The number of anilines is 1. The highest BCUT2D eigenvalue weighted by Crippen LogP contribution is 2.31. The molecule has 28 heavy (non-hydrogen) atoms. The van der Waals surface area contributed by atoms with Crippen molar-refractivity contribution in [1.82, 2.24) is 14.5 Å². The summed E-state index contributed by atoms with van der Waals surface area (Å²) in [6.45, 7) is 0. The summed E-state index contributed by atoms with van der Waals surface area (Å²) in [6.07, 6.45) is 0.668. The molecular formula is C16H18ClF2N5O3S. The smallest absolute Gasteiger partial charge is 0.303 e. The highest BCUT2D eigenvalue weighted by Gasteiger charge is 2.26. The van der Waals surface area contributed by atoms with Crippen molar-refractivity contribution in [2.75, 3.05) is 11.2 Å². The summed E-state index contributed by atoms with van der Waals surface area (Å²) in [4.78, 5) is 22.4. The van der Waals surface area contributed by atoms with Crippen LogP contribution in [0.15, 0.2) is 12.1 Å². The van der Waals surface area contributed by atoms with Gasteiger partial charge in [-0.2, -0.15) is 4.68 Å². The molecule has 1 heterocycles. The third-order valence-electron chi connectivity index (χ3n) is 4.41. The van der Waals surface area contributed by atoms with Gasteiger partial charge in [0.15, 0.2) is 0 Å². The third-order valence-corrected chi connectivity index (χ3v) is 4.78. The molecule has 1 aliphatic carbocycles. The molecule has 1 amide bonds. The van der Waals surface area contributed by atoms with Crippen LogP contribution >= 0.6 is 24.6 Å². The van der Waals surface area contributed by atoms with Crippen molar-refractivity contribution in [3.05, 3.63) is 39.7 Å². The van der Waals surface area contributed by atoms with E-state index in [-0.39, 0.29) is 42.0 Å². The van der Waals surface area contributed by atoms with Crippen molar-refractivity contribution in [3.8, 4) is 0 Å². The molecular weight excluding hydrogens is 416 g/mol. The summed E-state index contributed by atoms with van der Waals surface area (Å²) in [5, 5.41) is 12.8. The monoisotopic (exact) mass is 433 g/mol. The lowest BCUT2D eigenvalue weighted by Crippen LogP contribution is -2.25. The number of halogens is 3. The van der Waals surface area contributed by atoms with E-state index in [2.05, 4.69) is 10.5 Å². The largest absolute Gasteiger partial charge is 0.481 e. The molecule has 3 rings (SSSR count). The van der Waals surface area contributed by atoms with Crippen LogP contribution in [0.1, 0.15) is 36.4 Å². The fourth-order valence-electron chi connectivity index (χ4n) is 3.14. The highest BCUT2D eigenvalue weighted by molar-refractivity contribution is 7.71. The standard InChI is InChI=1S/C16H17F2N5O3S.ClH/c17-9-5-8-6-10(1-2-11(8)12(18)7-9)22-16(27)23(15(19)21-22)20-13(24)3-4-14(25)26;/h5,7,10H,1-4,6H2,(H2,19,21)(H,20,24)(H,25,26);1H. The summed E-state index contributed by atoms with van der Waals surface area (Å²) in [5.41, 5.74) is 9.25. The van der Waals surface area contributed by atoms with E-state index in [9.17, 15) is 18.4 Å². The molecule has 1 atom stereocenters. The molecule has 0 fully saturated rings. The first-order valence-electron chi connectivity index (χ1n) is 8.21. The van der Waals surface area contributed by atoms with Crippen LogP contribution in [0.5, 0.6) is 0 Å². The van der Waals surface area contributed by atoms with E-state index in [1.165, 1.54) is 10.7 Å². The minimum Gasteiger partial charge on any atom is -0.481 e. The van der Waals surface area contributed by atoms with Crippen LogP contribution in [0.25, 0.3) is 0 Å². The van der Waals surface area contributed by atoms with Crippen LogP contribution in [0.4, 0.5) is 14.7 Å². The van der Waals surface area contributed by atoms with Crippen LogP contribution in [-0.2, 0) is 22.4 Å². The quantitative estimate of drug-likeness (QED) is 0.623. The molecule has 152 valence electrons. The number of amides is 1. The van der Waals surface area contributed by atoms with Crippen molar-refractivity contribution in [2.45, 2.75) is 38.1 Å². The Morgan fingerprint density at radius 1 is 1.36 bits per heavy atom. The SMILES string of the molecule is Cl.Nc1nn(C2CCc3c(F)cc(F)cc3C2)c(=S)n1NC(=O)CCC(=O)O. The van der Waals surface area contributed by atoms with Crippen molar-refractivity contribution >= 4 is 42.4 Å². The van der Waals surface area contributed by atoms with Crippen LogP contribution < -0.4 is 11.2 Å². The number of nitrogen functional groups attached to an aromatic ring is 1. The molecule has 2 aromatic rings. The average molecular weight is 434 g/mol. The van der Waals surface area contributed by atoms with E-state index in [4.69, 9.17) is 23.1 Å². The topological polar surface area (TPSA) is 115 Å². The first-order valence-corrected chi connectivity index (χ1v) is 8.62. The Hall–Kier alpha value is -2.53. The van der Waals surface area contributed by atoms with Crippen LogP contribution in [0.2, 0.25) is 0 Å². The molecule has 1 aliphatic rings. The van der Waals surface area contributed by atoms with Gasteiger partial charge in [0, 0.05) is 12.5 Å². The molecule has 0 radical (unpaired) electrons. The number of carboxylic acids is 1. The zero-order valence-electron chi connectivity index (χ0n) is 14.5. The van der Waals surface area contributed by atoms with Gasteiger partial charge in [-0.1, -0.05) is 0 Å². The zero-order chi connectivity index (χ0) is 19.7. The molecule has 4 N–H and O–H groups in total. The number of fused-ring (bicyclic) bond motifs is 1. The van der Waals surface area contributed by atoms with Crippen LogP contribution in [-0.4, -0.2) is 31.4 Å². The van der Waals surface area contributed by atoms with Gasteiger partial charge in [0.25, 0.3) is 0 Å². The molecule has 1 aromatic carbocycles. The van der Waals surface area contributed by atoms with E-state index in [0.717, 1.165) is 10.7 Å². The van der Waals surface area contributed by atoms with Gasteiger partial charge in [0.05, 0.1) is 12.5 Å². The Kier molecular flexibility index (Phi) is 6.73. The second kappa shape index (κ2) is 8.65. The number of aromatic nitrogens is 3. The van der Waals surface area contributed by atoms with Crippen molar-refractivity contribution in [2.24, 2.45) is 0 Å². The van der Waals surface area contributed by atoms with E-state index in [0.29, 0.717) is 30.4 Å². The predicted molar refractivity (Wildman–Crippen MR) is 101 cm³/mol. The minimum absolute atomic E-state index is 0. The normalized spacial score (nSPS) is 15.4. The lowest BCUT2D eigenvalue weighted by Gasteiger charge is -2.25. The molecule has 8 nitrogen and oxygen atoms in total. The van der Waals surface area contributed by atoms with Gasteiger partial charge in [-0.05, 0) is 48.7 Å². The van der Waals surface area contributed by atoms with E-state index in [1.807, 2.05) is 0 Å². The highest BCUT2D eigenvalue weighted by atomic mass is 35.5. The molecule has 0 saturated carbocycles. The second-order valence-corrected chi connectivity index (χ2v) is 6.64. The lowest BCUT2D eigenvalue weighted by atomic mass is 9.88. The number of carbonyl (C=O) groups is 2. The number of carboxylic acid groups (broad SMARTS) is 1. The van der Waals surface area contributed by atoms with Gasteiger partial charge in [0.2, 0.25) is 16.6 Å². The first kappa shape index (κ1) is 21.8. The maximum Gasteiger partial charge on any atom is 0.303 e. The van der Waals surface area contributed by atoms with Crippen LogP contribution in [0, 0.1) is 16.4 Å². The third kappa shape index (κ3) is 4.47. The van der Waals surface area contributed by atoms with Crippen LogP contribution in [0.3, 0.4) is 0 Å². The summed E-state index contributed by atoms with van der Waals surface area (Å²) in [5.74, 6) is -2.95. The Morgan fingerprint density at radius 3 is 2.75 bits per heavy atom. The van der Waals surface area contributed by atoms with E-state index < -0.39 is 23.5 Å². The number of carbonyl (C=O) groups excluding carboxylic acids is 1. The lowest BCUT2D eigenvalue weighted by molar-refractivity contribution is -0.138. The van der Waals surface area contributed by atoms with Gasteiger partial charge in [-0.15, -0.1) is 17.5 Å². The van der Waals surface area contributed by atoms with Crippen molar-refractivity contribution in [1.29, 1.82) is 0 Å². The number of aliphatic carboxylic acids is 1. The number of rotatable bonds is 5. The molecule has 0 saturated heterocycles. The van der Waals surface area contributed by atoms with E-state index in [1.54, 1.807) is 0 Å². The van der Waals surface area contributed by atoms with Crippen molar-refractivity contribution in [3.63, 3.8) is 0 Å². The number of nitrogens with zero attached hydrogens (tertiary/aromatic N) is 3. The molecule has 12 heteroatoms. The molecule has 1 unspecified atom stereocenters. The fraction of sp³-hybridized carbons (Fsp3) is 0.375. The molecule has 1 aromatic heterocycles. The maximum atomic E-state index is 13.9. The Labute approximate surface area is 169 Å². The second-order valence-electron chi connectivity index (χ2n) is 6.27. The van der Waals surface area contributed by atoms with Gasteiger partial charge >= 0.3 is 5.97 Å². The number of hydrogen-bond acceptors (Lipinski definition) is 5. The molecule has 0 spiro atoms. The Morgan fingerprint density at radius 2 is 2.07 bits per heavy atom. The summed E-state index contributed by atoms with van der Waals surface area (Å²) in [7, 11) is 0. The first-order chi connectivity index (χ1) is 12.8. The molecule has 0 aliphatic heterocycles. The minimum atomic E-state index is -1.10. The predicted octanol–water partition coefficient (Wildman–Crippen LogP) is 2.36. The molecule has 0 bridgehead atoms. The van der Waals surface area contributed by atoms with Gasteiger partial charge in [-0.3, -0.25) is 15.0 Å². The zero-order valence-corrected chi connectivity index (χ0v) is 16.2. The van der Waals surface area contributed by atoms with Gasteiger partial charge in [-0.25, -0.2) is 13.5 Å². The summed E-state index contributed by atoms with van der Waals surface area (Å²) >= 11 is 5.30.